The van der Waals surface area contributed by atoms with Crippen molar-refractivity contribution in [1.82, 2.24) is 15.0 Å². The van der Waals surface area contributed by atoms with E-state index in [0.717, 1.165) is 55.8 Å². The van der Waals surface area contributed by atoms with Crippen LogP contribution in [0.1, 0.15) is 16.7 Å². The van der Waals surface area contributed by atoms with Crippen LogP contribution in [0.15, 0.2) is 200 Å². The lowest BCUT2D eigenvalue weighted by Crippen LogP contribution is -2.36. The zero-order valence-corrected chi connectivity index (χ0v) is 30.3. The Balaban J connectivity index is 1.01. The van der Waals surface area contributed by atoms with Gasteiger partial charge in [0, 0.05) is 38.9 Å². The van der Waals surface area contributed by atoms with E-state index < -0.39 is 5.60 Å². The topological polar surface area (TPSA) is 47.9 Å². The van der Waals surface area contributed by atoms with E-state index >= 15 is 0 Å². The Bertz CT molecular complexity index is 2890. The highest BCUT2D eigenvalue weighted by Gasteiger charge is 2.50. The number of hydrogen-bond acceptors (Lipinski definition) is 4. The van der Waals surface area contributed by atoms with Crippen LogP contribution in [0.3, 0.4) is 0 Å². The number of benzene rings is 8. The molecule has 1 spiro atoms. The quantitative estimate of drug-likeness (QED) is 0.178. The maximum atomic E-state index is 7.34. The van der Waals surface area contributed by atoms with Gasteiger partial charge in [-0.3, -0.25) is 0 Å². The van der Waals surface area contributed by atoms with Crippen LogP contribution in [0.5, 0.6) is 5.75 Å². The number of nitrogens with zero attached hydrogens (tertiary/aromatic N) is 3. The van der Waals surface area contributed by atoms with E-state index in [0.29, 0.717) is 17.5 Å². The van der Waals surface area contributed by atoms with Gasteiger partial charge in [0.05, 0.1) is 0 Å². The Morgan fingerprint density at radius 1 is 0.304 bits per heavy atom. The predicted octanol–water partition coefficient (Wildman–Crippen LogP) is 12.5. The van der Waals surface area contributed by atoms with E-state index in [1.165, 1.54) is 27.8 Å². The molecule has 0 bridgehead atoms. The first-order valence-corrected chi connectivity index (χ1v) is 18.9. The molecule has 262 valence electrons. The molecule has 1 aliphatic heterocycles. The van der Waals surface area contributed by atoms with Gasteiger partial charge >= 0.3 is 0 Å². The Kier molecular flexibility index (Phi) is 7.36. The van der Waals surface area contributed by atoms with E-state index in [1.54, 1.807) is 0 Å². The zero-order chi connectivity index (χ0) is 37.1. The molecule has 0 N–H and O–H groups in total. The molecule has 0 saturated heterocycles. The molecule has 0 saturated carbocycles. The molecular formula is C52H33N3O. The highest BCUT2D eigenvalue weighted by molar-refractivity contribution is 5.94. The molecule has 9 aromatic rings. The maximum Gasteiger partial charge on any atom is 0.186 e. The van der Waals surface area contributed by atoms with E-state index in [2.05, 4.69) is 164 Å². The van der Waals surface area contributed by atoms with Crippen LogP contribution in [0.25, 0.3) is 78.7 Å². The van der Waals surface area contributed by atoms with E-state index in [-0.39, 0.29) is 0 Å². The lowest BCUT2D eigenvalue weighted by atomic mass is 9.76. The van der Waals surface area contributed by atoms with Gasteiger partial charge in [-0.15, -0.1) is 0 Å². The standard InChI is InChI=1S/C52H33N3O/c1-3-15-34(16-4-1)38-19-13-20-39(33-38)51-54-49(36-17-5-2-6-18-36)53-50(55-51)37-31-29-35(30-32-37)40-24-14-28-47-48(40)43-23-9-12-27-46(43)52(56-47)44-25-10-7-21-41(44)42-22-8-11-26-45(42)52/h1-33H. The summed E-state index contributed by atoms with van der Waals surface area (Å²) in [6.07, 6.45) is 0. The average molecular weight is 716 g/mol. The van der Waals surface area contributed by atoms with Gasteiger partial charge in [0.1, 0.15) is 5.75 Å². The molecular weight excluding hydrogens is 683 g/mol. The first kappa shape index (κ1) is 32.0. The molecule has 0 fully saturated rings. The maximum absolute atomic E-state index is 7.34. The van der Waals surface area contributed by atoms with Crippen LogP contribution < -0.4 is 4.74 Å². The Labute approximate surface area is 325 Å². The molecule has 0 amide bonds. The molecule has 56 heavy (non-hydrogen) atoms. The van der Waals surface area contributed by atoms with Crippen molar-refractivity contribution in [3.8, 4) is 84.4 Å². The molecule has 4 heteroatoms. The third-order valence-electron chi connectivity index (χ3n) is 11.1. The van der Waals surface area contributed by atoms with Crippen LogP contribution >= 0.6 is 0 Å². The highest BCUT2D eigenvalue weighted by Crippen LogP contribution is 2.59. The minimum Gasteiger partial charge on any atom is -0.472 e. The summed E-state index contributed by atoms with van der Waals surface area (Å²) in [6, 6.07) is 69.9. The molecule has 0 radical (unpaired) electrons. The number of ether oxygens (including phenoxy) is 1. The SMILES string of the molecule is c1ccc(-c2cccc(-c3nc(-c4ccccc4)nc(-c4ccc(-c5cccc6c5-c5ccccc5C5(O6)c6ccccc6-c6ccccc65)cc4)n3)c2)cc1. The van der Waals surface area contributed by atoms with Crippen molar-refractivity contribution in [1.29, 1.82) is 0 Å². The Hall–Kier alpha value is -7.43. The molecule has 2 heterocycles. The second-order valence-electron chi connectivity index (χ2n) is 14.3. The first-order valence-electron chi connectivity index (χ1n) is 18.9. The number of fused-ring (bicyclic) bond motifs is 9. The van der Waals surface area contributed by atoms with Gasteiger partial charge in [-0.25, -0.2) is 15.0 Å². The summed E-state index contributed by atoms with van der Waals surface area (Å²) in [5.74, 6) is 2.75. The highest BCUT2D eigenvalue weighted by atomic mass is 16.5. The fourth-order valence-electron chi connectivity index (χ4n) is 8.58. The van der Waals surface area contributed by atoms with Crippen molar-refractivity contribution < 1.29 is 4.74 Å². The van der Waals surface area contributed by atoms with Crippen molar-refractivity contribution in [2.24, 2.45) is 0 Å². The van der Waals surface area contributed by atoms with Crippen LogP contribution in [0.2, 0.25) is 0 Å². The summed E-state index contributed by atoms with van der Waals surface area (Å²) in [6.45, 7) is 0. The predicted molar refractivity (Wildman–Crippen MR) is 225 cm³/mol. The summed E-state index contributed by atoms with van der Waals surface area (Å²) in [5.41, 5.74) is 14.7. The van der Waals surface area contributed by atoms with Crippen LogP contribution in [0, 0.1) is 0 Å². The second-order valence-corrected chi connectivity index (χ2v) is 14.3. The van der Waals surface area contributed by atoms with Crippen molar-refractivity contribution in [3.05, 3.63) is 217 Å². The summed E-state index contributed by atoms with van der Waals surface area (Å²) in [4.78, 5) is 15.1. The van der Waals surface area contributed by atoms with Crippen LogP contribution in [-0.2, 0) is 5.60 Å². The minimum atomic E-state index is -0.743. The van der Waals surface area contributed by atoms with Gasteiger partial charge in [0.2, 0.25) is 0 Å². The van der Waals surface area contributed by atoms with Gasteiger partial charge in [-0.1, -0.05) is 188 Å². The monoisotopic (exact) mass is 715 g/mol. The van der Waals surface area contributed by atoms with E-state index in [1.807, 2.05) is 36.4 Å². The van der Waals surface area contributed by atoms with Crippen molar-refractivity contribution in [2.75, 3.05) is 0 Å². The van der Waals surface area contributed by atoms with Crippen molar-refractivity contribution >= 4 is 0 Å². The molecule has 11 rings (SSSR count). The minimum absolute atomic E-state index is 0.620. The Morgan fingerprint density at radius 2 is 0.732 bits per heavy atom. The normalized spacial score (nSPS) is 12.9. The molecule has 2 aliphatic rings. The van der Waals surface area contributed by atoms with Crippen LogP contribution in [-0.4, -0.2) is 15.0 Å². The smallest absolute Gasteiger partial charge is 0.186 e. The lowest BCUT2D eigenvalue weighted by Gasteiger charge is -2.40. The number of aromatic nitrogens is 3. The largest absolute Gasteiger partial charge is 0.472 e. The Morgan fingerprint density at radius 3 is 1.38 bits per heavy atom. The van der Waals surface area contributed by atoms with Gasteiger partial charge in [-0.2, -0.15) is 0 Å². The summed E-state index contributed by atoms with van der Waals surface area (Å²) < 4.78 is 7.34. The fourth-order valence-corrected chi connectivity index (χ4v) is 8.58. The zero-order valence-electron chi connectivity index (χ0n) is 30.3. The van der Waals surface area contributed by atoms with E-state index in [4.69, 9.17) is 19.7 Å². The van der Waals surface area contributed by atoms with Gasteiger partial charge in [0.15, 0.2) is 23.1 Å². The van der Waals surface area contributed by atoms with Crippen molar-refractivity contribution in [2.45, 2.75) is 5.60 Å². The number of hydrogen-bond donors (Lipinski definition) is 0. The second kappa shape index (κ2) is 12.9. The lowest BCUT2D eigenvalue weighted by molar-refractivity contribution is 0.157. The number of rotatable bonds is 5. The fraction of sp³-hybridized carbons (Fsp3) is 0.0192. The first-order chi connectivity index (χ1) is 27.7. The summed E-state index contributed by atoms with van der Waals surface area (Å²) in [7, 11) is 0. The third kappa shape index (κ3) is 5.04. The van der Waals surface area contributed by atoms with E-state index in [9.17, 15) is 0 Å². The molecule has 4 nitrogen and oxygen atoms in total. The molecule has 1 aliphatic carbocycles. The third-order valence-corrected chi connectivity index (χ3v) is 11.1. The molecule has 1 aromatic heterocycles. The van der Waals surface area contributed by atoms with Crippen molar-refractivity contribution in [3.63, 3.8) is 0 Å². The van der Waals surface area contributed by atoms with Crippen LogP contribution in [0.4, 0.5) is 0 Å². The van der Waals surface area contributed by atoms with Gasteiger partial charge in [-0.05, 0) is 51.1 Å². The van der Waals surface area contributed by atoms with Gasteiger partial charge < -0.3 is 4.74 Å². The molecule has 0 atom stereocenters. The summed E-state index contributed by atoms with van der Waals surface area (Å²) >= 11 is 0. The van der Waals surface area contributed by atoms with Gasteiger partial charge in [0.25, 0.3) is 0 Å². The summed E-state index contributed by atoms with van der Waals surface area (Å²) in [5, 5.41) is 0. The molecule has 8 aromatic carbocycles. The molecule has 0 unspecified atom stereocenters. The average Bonchev–Trinajstić information content (AvgIpc) is 3.56.